The molecule has 6 nitrogen and oxygen atoms in total. The van der Waals surface area contributed by atoms with Gasteiger partial charge in [-0.05, 0) is 31.5 Å². The summed E-state index contributed by atoms with van der Waals surface area (Å²) < 4.78 is 5.06. The quantitative estimate of drug-likeness (QED) is 0.747. The lowest BCUT2D eigenvalue weighted by molar-refractivity contribution is 0.377. The second kappa shape index (κ2) is 5.34. The number of nitrogens with one attached hydrogen (secondary N) is 1. The molecule has 0 aliphatic heterocycles. The van der Waals surface area contributed by atoms with E-state index in [1.54, 1.807) is 18.3 Å². The van der Waals surface area contributed by atoms with E-state index in [0.717, 1.165) is 16.0 Å². The van der Waals surface area contributed by atoms with Gasteiger partial charge in [-0.1, -0.05) is 5.16 Å². The Labute approximate surface area is 124 Å². The van der Waals surface area contributed by atoms with Crippen LogP contribution in [0.2, 0.25) is 5.28 Å². The molecular weight excluding hydrogens is 298 g/mol. The van der Waals surface area contributed by atoms with E-state index in [2.05, 4.69) is 31.5 Å². The molecule has 0 atom stereocenters. The zero-order chi connectivity index (χ0) is 14.1. The highest BCUT2D eigenvalue weighted by molar-refractivity contribution is 7.18. The van der Waals surface area contributed by atoms with Crippen molar-refractivity contribution < 1.29 is 4.52 Å². The Kier molecular flexibility index (Phi) is 3.54. The van der Waals surface area contributed by atoms with Crippen LogP contribution in [0, 0.1) is 13.8 Å². The van der Waals surface area contributed by atoms with Crippen molar-refractivity contribution in [2.75, 3.05) is 11.9 Å². The van der Waals surface area contributed by atoms with Crippen LogP contribution >= 0.6 is 22.9 Å². The molecular formula is C12H12ClN5OS. The molecule has 0 spiro atoms. The molecule has 1 N–H and O–H groups in total. The topological polar surface area (TPSA) is 76.7 Å². The minimum Gasteiger partial charge on any atom is -0.369 e. The molecule has 0 bridgehead atoms. The standard InChI is InChI=1S/C12H12ClN5OS/c1-6-5-8-10(16-12(13)17-11(8)20-6)14-4-3-9-15-7(2)18-19-9/h5H,3-4H2,1-2H3,(H,14,16,17). The molecule has 0 radical (unpaired) electrons. The Morgan fingerprint density at radius 3 is 2.90 bits per heavy atom. The normalized spacial score (nSPS) is 11.2. The van der Waals surface area contributed by atoms with E-state index in [0.29, 0.717) is 24.7 Å². The van der Waals surface area contributed by atoms with Gasteiger partial charge in [-0.15, -0.1) is 11.3 Å². The van der Waals surface area contributed by atoms with E-state index in [1.807, 2.05) is 6.92 Å². The Hall–Kier alpha value is -1.73. The molecule has 0 unspecified atom stereocenters. The molecule has 0 aromatic carbocycles. The van der Waals surface area contributed by atoms with Crippen molar-refractivity contribution in [2.24, 2.45) is 0 Å². The second-order valence-corrected chi connectivity index (χ2v) is 5.90. The number of aromatic nitrogens is 4. The maximum atomic E-state index is 5.94. The predicted molar refractivity (Wildman–Crippen MR) is 78.4 cm³/mol. The lowest BCUT2D eigenvalue weighted by atomic mass is 10.3. The van der Waals surface area contributed by atoms with Gasteiger partial charge in [0.15, 0.2) is 5.82 Å². The average Bonchev–Trinajstić information content (AvgIpc) is 2.94. The third-order valence-electron chi connectivity index (χ3n) is 2.69. The summed E-state index contributed by atoms with van der Waals surface area (Å²) in [5, 5.41) is 8.22. The second-order valence-electron chi connectivity index (χ2n) is 4.33. The van der Waals surface area contributed by atoms with Gasteiger partial charge in [-0.3, -0.25) is 0 Å². The number of rotatable bonds is 4. The molecule has 3 aromatic rings. The van der Waals surface area contributed by atoms with Crippen LogP contribution in [0.25, 0.3) is 10.2 Å². The van der Waals surface area contributed by atoms with E-state index >= 15 is 0 Å². The van der Waals surface area contributed by atoms with Gasteiger partial charge >= 0.3 is 0 Å². The number of thiophene rings is 1. The highest BCUT2D eigenvalue weighted by Crippen LogP contribution is 2.29. The maximum absolute atomic E-state index is 5.94. The summed E-state index contributed by atoms with van der Waals surface area (Å²) in [6, 6.07) is 2.05. The number of hydrogen-bond acceptors (Lipinski definition) is 7. The van der Waals surface area contributed by atoms with Gasteiger partial charge in [-0.2, -0.15) is 4.98 Å². The van der Waals surface area contributed by atoms with Gasteiger partial charge in [0.2, 0.25) is 11.2 Å². The molecule has 0 fully saturated rings. The van der Waals surface area contributed by atoms with E-state index < -0.39 is 0 Å². The Bertz CT molecular complexity index is 753. The van der Waals surface area contributed by atoms with Gasteiger partial charge in [0.25, 0.3) is 0 Å². The Morgan fingerprint density at radius 1 is 1.30 bits per heavy atom. The van der Waals surface area contributed by atoms with Crippen LogP contribution in [0.5, 0.6) is 0 Å². The molecule has 0 saturated carbocycles. The summed E-state index contributed by atoms with van der Waals surface area (Å²) in [6.07, 6.45) is 0.632. The first-order valence-electron chi connectivity index (χ1n) is 6.08. The van der Waals surface area contributed by atoms with E-state index in [1.165, 1.54) is 4.88 Å². The molecule has 3 aromatic heterocycles. The first-order chi connectivity index (χ1) is 9.61. The fourth-order valence-corrected chi connectivity index (χ4v) is 2.98. The predicted octanol–water partition coefficient (Wildman–Crippen LogP) is 3.00. The third kappa shape index (κ3) is 2.73. The van der Waals surface area contributed by atoms with Crippen molar-refractivity contribution in [2.45, 2.75) is 20.3 Å². The molecule has 0 saturated heterocycles. The summed E-state index contributed by atoms with van der Waals surface area (Å²) in [4.78, 5) is 14.7. The summed E-state index contributed by atoms with van der Waals surface area (Å²) in [7, 11) is 0. The van der Waals surface area contributed by atoms with Crippen molar-refractivity contribution in [3.63, 3.8) is 0 Å². The van der Waals surface area contributed by atoms with Crippen LogP contribution in [0.15, 0.2) is 10.6 Å². The minimum absolute atomic E-state index is 0.246. The largest absolute Gasteiger partial charge is 0.369 e. The van der Waals surface area contributed by atoms with Gasteiger partial charge in [0.1, 0.15) is 10.6 Å². The number of nitrogens with zero attached hydrogens (tertiary/aromatic N) is 4. The average molecular weight is 310 g/mol. The summed E-state index contributed by atoms with van der Waals surface area (Å²) in [5.74, 6) is 1.98. The summed E-state index contributed by atoms with van der Waals surface area (Å²) in [6.45, 7) is 4.46. The number of aryl methyl sites for hydroxylation is 2. The molecule has 0 amide bonds. The maximum Gasteiger partial charge on any atom is 0.228 e. The molecule has 0 aliphatic carbocycles. The molecule has 3 heterocycles. The minimum atomic E-state index is 0.246. The summed E-state index contributed by atoms with van der Waals surface area (Å²) in [5.41, 5.74) is 0. The third-order valence-corrected chi connectivity index (χ3v) is 3.80. The van der Waals surface area contributed by atoms with Crippen molar-refractivity contribution in [1.82, 2.24) is 20.1 Å². The monoisotopic (exact) mass is 309 g/mol. The van der Waals surface area contributed by atoms with Crippen LogP contribution in [-0.2, 0) is 6.42 Å². The molecule has 20 heavy (non-hydrogen) atoms. The Morgan fingerprint density at radius 2 is 2.15 bits per heavy atom. The lowest BCUT2D eigenvalue weighted by Crippen LogP contribution is -2.07. The van der Waals surface area contributed by atoms with Crippen LogP contribution in [0.4, 0.5) is 5.82 Å². The molecule has 0 aliphatic rings. The molecule has 3 rings (SSSR count). The fourth-order valence-electron chi connectivity index (χ4n) is 1.88. The van der Waals surface area contributed by atoms with E-state index in [4.69, 9.17) is 16.1 Å². The van der Waals surface area contributed by atoms with Crippen molar-refractivity contribution >= 4 is 39.0 Å². The molecule has 8 heteroatoms. The smallest absolute Gasteiger partial charge is 0.228 e. The molecule has 104 valence electrons. The van der Waals surface area contributed by atoms with Gasteiger partial charge < -0.3 is 9.84 Å². The lowest BCUT2D eigenvalue weighted by Gasteiger charge is -2.05. The van der Waals surface area contributed by atoms with Crippen LogP contribution in [0.1, 0.15) is 16.6 Å². The first kappa shape index (κ1) is 13.3. The zero-order valence-electron chi connectivity index (χ0n) is 11.0. The van der Waals surface area contributed by atoms with Crippen molar-refractivity contribution in [3.05, 3.63) is 27.9 Å². The van der Waals surface area contributed by atoms with Gasteiger partial charge in [-0.25, -0.2) is 9.97 Å². The van der Waals surface area contributed by atoms with Crippen LogP contribution in [0.3, 0.4) is 0 Å². The Balaban J connectivity index is 1.76. The number of anilines is 1. The van der Waals surface area contributed by atoms with Gasteiger partial charge in [0, 0.05) is 17.8 Å². The van der Waals surface area contributed by atoms with E-state index in [9.17, 15) is 0 Å². The highest BCUT2D eigenvalue weighted by Gasteiger charge is 2.10. The number of hydrogen-bond donors (Lipinski definition) is 1. The summed E-state index contributed by atoms with van der Waals surface area (Å²) >= 11 is 7.53. The highest BCUT2D eigenvalue weighted by atomic mass is 35.5. The number of halogens is 1. The zero-order valence-corrected chi connectivity index (χ0v) is 12.5. The van der Waals surface area contributed by atoms with Crippen LogP contribution in [-0.4, -0.2) is 26.7 Å². The van der Waals surface area contributed by atoms with Gasteiger partial charge in [0.05, 0.1) is 5.39 Å². The fraction of sp³-hybridized carbons (Fsp3) is 0.333. The van der Waals surface area contributed by atoms with Crippen LogP contribution < -0.4 is 5.32 Å². The van der Waals surface area contributed by atoms with E-state index in [-0.39, 0.29) is 5.28 Å². The number of fused-ring (bicyclic) bond motifs is 1. The first-order valence-corrected chi connectivity index (χ1v) is 7.28. The SMILES string of the molecule is Cc1noc(CCNc2nc(Cl)nc3sc(C)cc23)n1. The van der Waals surface area contributed by atoms with Crippen molar-refractivity contribution in [1.29, 1.82) is 0 Å². The van der Waals surface area contributed by atoms with Crippen molar-refractivity contribution in [3.8, 4) is 0 Å².